The average molecular weight is 231 g/mol. The molecule has 0 aliphatic carbocycles. The summed E-state index contributed by atoms with van der Waals surface area (Å²) >= 11 is 0. The number of nitrogens with two attached hydrogens (primary N) is 1. The Hall–Kier alpha value is -1.72. The molecule has 1 atom stereocenters. The number of aryl methyl sites for hydroxylation is 2. The second kappa shape index (κ2) is 5.07. The van der Waals surface area contributed by atoms with Gasteiger partial charge in [0.15, 0.2) is 0 Å². The molecule has 0 saturated carbocycles. The number of nitrogens with one attached hydrogen (secondary N) is 1. The second-order valence-corrected chi connectivity index (χ2v) is 4.08. The first-order valence-electron chi connectivity index (χ1n) is 5.56. The van der Waals surface area contributed by atoms with Gasteiger partial charge < -0.3 is 4.57 Å². The number of hydrazine groups is 1. The fraction of sp³-hybridized carbons (Fsp3) is 0.333. The van der Waals surface area contributed by atoms with Crippen LogP contribution in [0.3, 0.4) is 0 Å². The van der Waals surface area contributed by atoms with Crippen LogP contribution < -0.4 is 11.3 Å². The standard InChI is InChI=1S/C12H17N5/c1-9-4-3-5-10(15-9)11(16-13)8-12-14-6-7-17(12)2/h3-7,11,16H,8,13H2,1-2H3. The van der Waals surface area contributed by atoms with Crippen LogP contribution in [0.4, 0.5) is 0 Å². The van der Waals surface area contributed by atoms with Gasteiger partial charge in [-0.15, -0.1) is 0 Å². The van der Waals surface area contributed by atoms with E-state index in [1.54, 1.807) is 6.20 Å². The highest BCUT2D eigenvalue weighted by atomic mass is 15.2. The smallest absolute Gasteiger partial charge is 0.110 e. The van der Waals surface area contributed by atoms with Gasteiger partial charge in [-0.25, -0.2) is 4.98 Å². The second-order valence-electron chi connectivity index (χ2n) is 4.08. The van der Waals surface area contributed by atoms with Crippen LogP contribution in [0, 0.1) is 6.92 Å². The summed E-state index contributed by atoms with van der Waals surface area (Å²) in [6, 6.07) is 5.91. The van der Waals surface area contributed by atoms with Gasteiger partial charge in [0.25, 0.3) is 0 Å². The van der Waals surface area contributed by atoms with E-state index < -0.39 is 0 Å². The van der Waals surface area contributed by atoms with E-state index >= 15 is 0 Å². The molecule has 0 saturated heterocycles. The molecule has 5 heteroatoms. The molecule has 0 amide bonds. The molecule has 0 bridgehead atoms. The maximum absolute atomic E-state index is 5.59. The highest BCUT2D eigenvalue weighted by molar-refractivity contribution is 5.15. The largest absolute Gasteiger partial charge is 0.338 e. The number of pyridine rings is 1. The highest BCUT2D eigenvalue weighted by Gasteiger charge is 2.14. The van der Waals surface area contributed by atoms with Gasteiger partial charge >= 0.3 is 0 Å². The van der Waals surface area contributed by atoms with E-state index in [-0.39, 0.29) is 6.04 Å². The quantitative estimate of drug-likeness (QED) is 0.605. The summed E-state index contributed by atoms with van der Waals surface area (Å²) < 4.78 is 1.99. The zero-order chi connectivity index (χ0) is 12.3. The summed E-state index contributed by atoms with van der Waals surface area (Å²) in [4.78, 5) is 8.77. The third-order valence-corrected chi connectivity index (χ3v) is 2.78. The van der Waals surface area contributed by atoms with Crippen LogP contribution in [0.15, 0.2) is 30.6 Å². The Balaban J connectivity index is 2.20. The summed E-state index contributed by atoms with van der Waals surface area (Å²) in [6.07, 6.45) is 4.43. The highest BCUT2D eigenvalue weighted by Crippen LogP contribution is 2.14. The lowest BCUT2D eigenvalue weighted by atomic mass is 10.1. The SMILES string of the molecule is Cc1cccc(C(Cc2nccn2C)NN)n1. The minimum absolute atomic E-state index is 0.0176. The lowest BCUT2D eigenvalue weighted by Gasteiger charge is -2.15. The maximum atomic E-state index is 5.59. The van der Waals surface area contributed by atoms with Crippen molar-refractivity contribution in [2.75, 3.05) is 0 Å². The summed E-state index contributed by atoms with van der Waals surface area (Å²) in [5, 5.41) is 0. The first-order valence-corrected chi connectivity index (χ1v) is 5.56. The Bertz CT molecular complexity index is 491. The first kappa shape index (κ1) is 11.8. The molecule has 2 aromatic rings. The topological polar surface area (TPSA) is 68.8 Å². The summed E-state index contributed by atoms with van der Waals surface area (Å²) in [6.45, 7) is 1.97. The molecule has 0 aliphatic heterocycles. The predicted octanol–water partition coefficient (Wildman–Crippen LogP) is 0.871. The van der Waals surface area contributed by atoms with Gasteiger partial charge in [0.1, 0.15) is 5.82 Å². The van der Waals surface area contributed by atoms with Crippen molar-refractivity contribution >= 4 is 0 Å². The number of hydrogen-bond donors (Lipinski definition) is 2. The number of imidazole rings is 1. The van der Waals surface area contributed by atoms with Crippen molar-refractivity contribution in [1.29, 1.82) is 0 Å². The van der Waals surface area contributed by atoms with E-state index in [2.05, 4.69) is 15.4 Å². The molecular weight excluding hydrogens is 214 g/mol. The first-order chi connectivity index (χ1) is 8.20. The van der Waals surface area contributed by atoms with Crippen LogP contribution in [-0.2, 0) is 13.5 Å². The van der Waals surface area contributed by atoms with Gasteiger partial charge in [-0.1, -0.05) is 6.07 Å². The lowest BCUT2D eigenvalue weighted by Crippen LogP contribution is -2.31. The van der Waals surface area contributed by atoms with Crippen molar-refractivity contribution in [2.24, 2.45) is 12.9 Å². The molecule has 3 N–H and O–H groups in total. The molecule has 2 heterocycles. The van der Waals surface area contributed by atoms with Crippen molar-refractivity contribution in [2.45, 2.75) is 19.4 Å². The predicted molar refractivity (Wildman–Crippen MR) is 66.0 cm³/mol. The summed E-state index contributed by atoms with van der Waals surface area (Å²) in [7, 11) is 1.97. The van der Waals surface area contributed by atoms with Gasteiger partial charge in [-0.2, -0.15) is 0 Å². The zero-order valence-electron chi connectivity index (χ0n) is 10.1. The number of nitrogens with zero attached hydrogens (tertiary/aromatic N) is 3. The van der Waals surface area contributed by atoms with Crippen LogP contribution in [0.2, 0.25) is 0 Å². The Morgan fingerprint density at radius 2 is 2.29 bits per heavy atom. The van der Waals surface area contributed by atoms with Gasteiger partial charge in [-0.05, 0) is 19.1 Å². The van der Waals surface area contributed by atoms with Gasteiger partial charge in [0.05, 0.1) is 11.7 Å². The third-order valence-electron chi connectivity index (χ3n) is 2.78. The summed E-state index contributed by atoms with van der Waals surface area (Å²) in [5.41, 5.74) is 4.72. The van der Waals surface area contributed by atoms with E-state index in [1.165, 1.54) is 0 Å². The molecule has 0 radical (unpaired) electrons. The molecule has 17 heavy (non-hydrogen) atoms. The van der Waals surface area contributed by atoms with E-state index in [0.717, 1.165) is 23.6 Å². The molecule has 0 aliphatic rings. The Labute approximate surface area is 101 Å². The van der Waals surface area contributed by atoms with Gasteiger partial charge in [0.2, 0.25) is 0 Å². The molecule has 1 unspecified atom stereocenters. The molecular formula is C12H17N5. The minimum atomic E-state index is -0.0176. The van der Waals surface area contributed by atoms with Crippen molar-refractivity contribution in [3.63, 3.8) is 0 Å². The normalized spacial score (nSPS) is 12.6. The lowest BCUT2D eigenvalue weighted by molar-refractivity contribution is 0.517. The van der Waals surface area contributed by atoms with Gasteiger partial charge in [0, 0.05) is 31.6 Å². The maximum Gasteiger partial charge on any atom is 0.110 e. The number of aromatic nitrogens is 3. The minimum Gasteiger partial charge on any atom is -0.338 e. The van der Waals surface area contributed by atoms with Crippen LogP contribution >= 0.6 is 0 Å². The van der Waals surface area contributed by atoms with Crippen molar-refractivity contribution < 1.29 is 0 Å². The van der Waals surface area contributed by atoms with Crippen molar-refractivity contribution in [1.82, 2.24) is 20.0 Å². The summed E-state index contributed by atoms with van der Waals surface area (Å²) in [5.74, 6) is 6.58. The van der Waals surface area contributed by atoms with Crippen LogP contribution in [0.25, 0.3) is 0 Å². The zero-order valence-corrected chi connectivity index (χ0v) is 10.1. The Morgan fingerprint density at radius 3 is 2.88 bits per heavy atom. The fourth-order valence-corrected chi connectivity index (χ4v) is 1.78. The molecule has 5 nitrogen and oxygen atoms in total. The van der Waals surface area contributed by atoms with Crippen molar-refractivity contribution in [3.8, 4) is 0 Å². The number of rotatable bonds is 4. The molecule has 2 aromatic heterocycles. The van der Waals surface area contributed by atoms with E-state index in [9.17, 15) is 0 Å². The Morgan fingerprint density at radius 1 is 1.47 bits per heavy atom. The Kier molecular flexibility index (Phi) is 3.51. The molecule has 0 fully saturated rings. The molecule has 2 rings (SSSR count). The third kappa shape index (κ3) is 2.69. The average Bonchev–Trinajstić information content (AvgIpc) is 2.71. The van der Waals surface area contributed by atoms with Gasteiger partial charge in [-0.3, -0.25) is 16.3 Å². The molecule has 0 aromatic carbocycles. The van der Waals surface area contributed by atoms with E-state index in [1.807, 2.05) is 42.9 Å². The molecule has 0 spiro atoms. The fourth-order valence-electron chi connectivity index (χ4n) is 1.78. The number of hydrogen-bond acceptors (Lipinski definition) is 4. The van der Waals surface area contributed by atoms with E-state index in [4.69, 9.17) is 5.84 Å². The van der Waals surface area contributed by atoms with E-state index in [0.29, 0.717) is 0 Å². The molecule has 90 valence electrons. The van der Waals surface area contributed by atoms with Crippen LogP contribution in [0.1, 0.15) is 23.3 Å². The monoisotopic (exact) mass is 231 g/mol. The van der Waals surface area contributed by atoms with Crippen LogP contribution in [-0.4, -0.2) is 14.5 Å². The van der Waals surface area contributed by atoms with Crippen LogP contribution in [0.5, 0.6) is 0 Å². The van der Waals surface area contributed by atoms with Crippen molar-refractivity contribution in [3.05, 3.63) is 47.8 Å².